The number of hydrogen-bond donors (Lipinski definition) is 1. The Morgan fingerprint density at radius 2 is 2.18 bits per heavy atom. The summed E-state index contributed by atoms with van der Waals surface area (Å²) in [6.45, 7) is 1.45. The Balaban J connectivity index is 2.04. The lowest BCUT2D eigenvalue weighted by molar-refractivity contribution is 0.480. The summed E-state index contributed by atoms with van der Waals surface area (Å²) in [5.41, 5.74) is 5.44. The maximum Gasteiger partial charge on any atom is 0.165 e. The van der Waals surface area contributed by atoms with Gasteiger partial charge in [0.25, 0.3) is 0 Å². The van der Waals surface area contributed by atoms with Gasteiger partial charge in [0, 0.05) is 6.54 Å². The molecule has 4 nitrogen and oxygen atoms in total. The summed E-state index contributed by atoms with van der Waals surface area (Å²) in [5, 5.41) is 4.76. The van der Waals surface area contributed by atoms with Gasteiger partial charge in [0.05, 0.1) is 17.4 Å². The maximum atomic E-state index is 6.00. The molecular formula is C12H14ClN3O. The topological polar surface area (TPSA) is 53.1 Å². The van der Waals surface area contributed by atoms with Crippen LogP contribution in [0.2, 0.25) is 5.02 Å². The molecule has 0 radical (unpaired) electrons. The van der Waals surface area contributed by atoms with E-state index < -0.39 is 0 Å². The van der Waals surface area contributed by atoms with E-state index in [0.717, 1.165) is 13.0 Å². The van der Waals surface area contributed by atoms with Crippen molar-refractivity contribution < 1.29 is 4.74 Å². The van der Waals surface area contributed by atoms with E-state index in [-0.39, 0.29) is 0 Å². The van der Waals surface area contributed by atoms with E-state index in [1.54, 1.807) is 16.9 Å². The first-order valence-electron chi connectivity index (χ1n) is 5.44. The van der Waals surface area contributed by atoms with E-state index in [1.807, 2.05) is 24.4 Å². The second-order valence-electron chi connectivity index (χ2n) is 3.61. The van der Waals surface area contributed by atoms with Crippen molar-refractivity contribution in [3.8, 4) is 11.5 Å². The summed E-state index contributed by atoms with van der Waals surface area (Å²) in [5.74, 6) is 1.31. The molecule has 2 N–H and O–H groups in total. The molecule has 0 atom stereocenters. The van der Waals surface area contributed by atoms with Crippen LogP contribution in [0.25, 0.3) is 0 Å². The summed E-state index contributed by atoms with van der Waals surface area (Å²) in [7, 11) is 0. The molecule has 1 aromatic heterocycles. The van der Waals surface area contributed by atoms with Crippen LogP contribution in [0, 0.1) is 0 Å². The van der Waals surface area contributed by atoms with Crippen molar-refractivity contribution in [2.45, 2.75) is 13.0 Å². The zero-order valence-corrected chi connectivity index (χ0v) is 10.1. The SMILES string of the molecule is NCCCn1cc(Oc2ccccc2Cl)cn1. The van der Waals surface area contributed by atoms with Crippen molar-refractivity contribution >= 4 is 11.6 Å². The molecule has 5 heteroatoms. The molecule has 0 saturated heterocycles. The summed E-state index contributed by atoms with van der Waals surface area (Å²) >= 11 is 6.00. The number of nitrogens with two attached hydrogens (primary N) is 1. The molecule has 0 aliphatic heterocycles. The predicted molar refractivity (Wildman–Crippen MR) is 67.4 cm³/mol. The van der Waals surface area contributed by atoms with Gasteiger partial charge in [0.1, 0.15) is 5.75 Å². The third-order valence-electron chi connectivity index (χ3n) is 2.27. The number of aromatic nitrogens is 2. The van der Waals surface area contributed by atoms with E-state index in [0.29, 0.717) is 23.1 Å². The molecule has 2 rings (SSSR count). The minimum absolute atomic E-state index is 0.585. The zero-order valence-electron chi connectivity index (χ0n) is 9.34. The lowest BCUT2D eigenvalue weighted by Crippen LogP contribution is -2.05. The largest absolute Gasteiger partial charge is 0.452 e. The first-order valence-corrected chi connectivity index (χ1v) is 5.82. The van der Waals surface area contributed by atoms with Gasteiger partial charge in [0.15, 0.2) is 5.75 Å². The lowest BCUT2D eigenvalue weighted by atomic mass is 10.3. The fourth-order valence-electron chi connectivity index (χ4n) is 1.43. The Bertz CT molecular complexity index is 484. The van der Waals surface area contributed by atoms with Crippen LogP contribution >= 0.6 is 11.6 Å². The molecule has 0 aliphatic rings. The number of para-hydroxylation sites is 1. The second-order valence-corrected chi connectivity index (χ2v) is 4.02. The van der Waals surface area contributed by atoms with Crippen LogP contribution in [0.15, 0.2) is 36.7 Å². The van der Waals surface area contributed by atoms with Crippen LogP contribution in [0.5, 0.6) is 11.5 Å². The van der Waals surface area contributed by atoms with Crippen molar-refractivity contribution in [1.82, 2.24) is 9.78 Å². The molecule has 17 heavy (non-hydrogen) atoms. The van der Waals surface area contributed by atoms with Crippen molar-refractivity contribution in [3.63, 3.8) is 0 Å². The Labute approximate surface area is 105 Å². The van der Waals surface area contributed by atoms with Gasteiger partial charge < -0.3 is 10.5 Å². The molecule has 0 bridgehead atoms. The quantitative estimate of drug-likeness (QED) is 0.889. The average Bonchev–Trinajstić information content (AvgIpc) is 2.77. The van der Waals surface area contributed by atoms with Crippen LogP contribution in [-0.2, 0) is 6.54 Å². The average molecular weight is 252 g/mol. The highest BCUT2D eigenvalue weighted by Crippen LogP contribution is 2.28. The van der Waals surface area contributed by atoms with Gasteiger partial charge in [-0.1, -0.05) is 23.7 Å². The second kappa shape index (κ2) is 5.70. The van der Waals surface area contributed by atoms with Gasteiger partial charge in [-0.25, -0.2) is 0 Å². The Hall–Kier alpha value is -1.52. The van der Waals surface area contributed by atoms with Gasteiger partial charge in [-0.05, 0) is 25.1 Å². The smallest absolute Gasteiger partial charge is 0.165 e. The van der Waals surface area contributed by atoms with E-state index in [2.05, 4.69) is 5.10 Å². The predicted octanol–water partition coefficient (Wildman–Crippen LogP) is 2.68. The molecule has 90 valence electrons. The normalized spacial score (nSPS) is 10.5. The maximum absolute atomic E-state index is 6.00. The minimum Gasteiger partial charge on any atom is -0.452 e. The minimum atomic E-state index is 0.585. The highest BCUT2D eigenvalue weighted by molar-refractivity contribution is 6.32. The number of hydrogen-bond acceptors (Lipinski definition) is 3. The molecule has 0 saturated carbocycles. The van der Waals surface area contributed by atoms with Crippen molar-refractivity contribution in [3.05, 3.63) is 41.7 Å². The molecule has 0 fully saturated rings. The van der Waals surface area contributed by atoms with Crippen LogP contribution in [0.4, 0.5) is 0 Å². The van der Waals surface area contributed by atoms with Gasteiger partial charge in [0.2, 0.25) is 0 Å². The molecule has 1 heterocycles. The first-order chi connectivity index (χ1) is 8.29. The molecular weight excluding hydrogens is 238 g/mol. The van der Waals surface area contributed by atoms with E-state index in [9.17, 15) is 0 Å². The molecule has 2 aromatic rings. The van der Waals surface area contributed by atoms with E-state index >= 15 is 0 Å². The number of halogens is 1. The number of benzene rings is 1. The third kappa shape index (κ3) is 3.22. The fourth-order valence-corrected chi connectivity index (χ4v) is 1.60. The standard InChI is InChI=1S/C12H14ClN3O/c13-11-4-1-2-5-12(11)17-10-8-15-16(9-10)7-3-6-14/h1-2,4-5,8-9H,3,6-7,14H2. The zero-order chi connectivity index (χ0) is 12.1. The Kier molecular flexibility index (Phi) is 4.01. The van der Waals surface area contributed by atoms with Crippen LogP contribution < -0.4 is 10.5 Å². The summed E-state index contributed by atoms with van der Waals surface area (Å²) < 4.78 is 7.43. The van der Waals surface area contributed by atoms with Gasteiger partial charge in [-0.15, -0.1) is 0 Å². The van der Waals surface area contributed by atoms with E-state index in [1.165, 1.54) is 0 Å². The Morgan fingerprint density at radius 3 is 2.94 bits per heavy atom. The van der Waals surface area contributed by atoms with Crippen LogP contribution in [-0.4, -0.2) is 16.3 Å². The monoisotopic (exact) mass is 251 g/mol. The van der Waals surface area contributed by atoms with Gasteiger partial charge in [-0.2, -0.15) is 5.10 Å². The number of aryl methyl sites for hydroxylation is 1. The first kappa shape index (κ1) is 12.0. The molecule has 0 aliphatic carbocycles. The highest BCUT2D eigenvalue weighted by Gasteiger charge is 2.04. The van der Waals surface area contributed by atoms with Crippen molar-refractivity contribution in [2.75, 3.05) is 6.54 Å². The Morgan fingerprint density at radius 1 is 1.35 bits per heavy atom. The number of ether oxygens (including phenoxy) is 1. The van der Waals surface area contributed by atoms with Gasteiger partial charge in [-0.3, -0.25) is 4.68 Å². The highest BCUT2D eigenvalue weighted by atomic mass is 35.5. The summed E-state index contributed by atoms with van der Waals surface area (Å²) in [4.78, 5) is 0. The molecule has 0 unspecified atom stereocenters. The van der Waals surface area contributed by atoms with Crippen LogP contribution in [0.3, 0.4) is 0 Å². The molecule has 0 amide bonds. The van der Waals surface area contributed by atoms with E-state index in [4.69, 9.17) is 22.1 Å². The van der Waals surface area contributed by atoms with Crippen molar-refractivity contribution in [2.24, 2.45) is 5.73 Å². The fraction of sp³-hybridized carbons (Fsp3) is 0.250. The van der Waals surface area contributed by atoms with Crippen molar-refractivity contribution in [1.29, 1.82) is 0 Å². The summed E-state index contributed by atoms with van der Waals surface area (Å²) in [6.07, 6.45) is 4.39. The molecule has 1 aromatic carbocycles. The number of nitrogens with zero attached hydrogens (tertiary/aromatic N) is 2. The van der Waals surface area contributed by atoms with Crippen LogP contribution in [0.1, 0.15) is 6.42 Å². The lowest BCUT2D eigenvalue weighted by Gasteiger charge is -2.03. The number of rotatable bonds is 5. The third-order valence-corrected chi connectivity index (χ3v) is 2.58. The molecule has 0 spiro atoms. The van der Waals surface area contributed by atoms with Gasteiger partial charge >= 0.3 is 0 Å². The summed E-state index contributed by atoms with van der Waals surface area (Å²) in [6, 6.07) is 7.34.